The standard InChI is InChI=1S/C16H30O3/c1-4-7-9-11-15(18-13-10-8-5-2)14-16(17)19-12-6-3/h6,15H,3-5,7-14H2,1-2H3. The van der Waals surface area contributed by atoms with Crippen molar-refractivity contribution in [1.82, 2.24) is 0 Å². The van der Waals surface area contributed by atoms with Crippen molar-refractivity contribution < 1.29 is 14.3 Å². The third-order valence-corrected chi connectivity index (χ3v) is 2.99. The van der Waals surface area contributed by atoms with E-state index >= 15 is 0 Å². The van der Waals surface area contributed by atoms with Crippen LogP contribution in [0.2, 0.25) is 0 Å². The summed E-state index contributed by atoms with van der Waals surface area (Å²) in [6.07, 6.45) is 9.85. The summed E-state index contributed by atoms with van der Waals surface area (Å²) >= 11 is 0. The number of hydrogen-bond donors (Lipinski definition) is 0. The quantitative estimate of drug-likeness (QED) is 0.285. The molecule has 1 unspecified atom stereocenters. The SMILES string of the molecule is C=CCOC(=O)CC(CCCCC)OCCCCC. The van der Waals surface area contributed by atoms with Crippen LogP contribution < -0.4 is 0 Å². The first kappa shape index (κ1) is 18.2. The zero-order valence-electron chi connectivity index (χ0n) is 12.7. The third kappa shape index (κ3) is 12.0. The van der Waals surface area contributed by atoms with Crippen LogP contribution in [0.4, 0.5) is 0 Å². The maximum atomic E-state index is 11.6. The fraction of sp³-hybridized carbons (Fsp3) is 0.812. The Bertz CT molecular complexity index is 226. The molecule has 3 nitrogen and oxygen atoms in total. The largest absolute Gasteiger partial charge is 0.461 e. The van der Waals surface area contributed by atoms with Crippen LogP contribution in [-0.4, -0.2) is 25.3 Å². The smallest absolute Gasteiger partial charge is 0.308 e. The third-order valence-electron chi connectivity index (χ3n) is 2.99. The Balaban J connectivity index is 3.93. The van der Waals surface area contributed by atoms with E-state index in [2.05, 4.69) is 20.4 Å². The van der Waals surface area contributed by atoms with Crippen molar-refractivity contribution in [3.05, 3.63) is 12.7 Å². The summed E-state index contributed by atoms with van der Waals surface area (Å²) in [6, 6.07) is 0. The van der Waals surface area contributed by atoms with E-state index in [0.717, 1.165) is 25.9 Å². The van der Waals surface area contributed by atoms with Gasteiger partial charge in [-0.05, 0) is 12.8 Å². The summed E-state index contributed by atoms with van der Waals surface area (Å²) in [7, 11) is 0. The molecular formula is C16H30O3. The fourth-order valence-corrected chi connectivity index (χ4v) is 1.87. The highest BCUT2D eigenvalue weighted by molar-refractivity contribution is 5.70. The zero-order valence-corrected chi connectivity index (χ0v) is 12.7. The highest BCUT2D eigenvalue weighted by Gasteiger charge is 2.15. The minimum absolute atomic E-state index is 0.0146. The topological polar surface area (TPSA) is 35.5 Å². The van der Waals surface area contributed by atoms with Gasteiger partial charge >= 0.3 is 5.97 Å². The Morgan fingerprint density at radius 2 is 1.84 bits per heavy atom. The Morgan fingerprint density at radius 3 is 2.47 bits per heavy atom. The molecule has 0 amide bonds. The molecule has 0 bridgehead atoms. The zero-order chi connectivity index (χ0) is 14.3. The van der Waals surface area contributed by atoms with Crippen molar-refractivity contribution in [3.63, 3.8) is 0 Å². The highest BCUT2D eigenvalue weighted by atomic mass is 16.5. The second kappa shape index (κ2) is 13.6. The number of rotatable bonds is 13. The molecule has 0 radical (unpaired) electrons. The molecule has 0 rings (SSSR count). The molecule has 0 aliphatic rings. The molecule has 0 spiro atoms. The maximum Gasteiger partial charge on any atom is 0.308 e. The lowest BCUT2D eigenvalue weighted by atomic mass is 10.1. The second-order valence-corrected chi connectivity index (χ2v) is 4.87. The van der Waals surface area contributed by atoms with Gasteiger partial charge in [-0.2, -0.15) is 0 Å². The summed E-state index contributed by atoms with van der Waals surface area (Å²) in [5.41, 5.74) is 0. The number of unbranched alkanes of at least 4 members (excludes halogenated alkanes) is 4. The Labute approximate surface area is 118 Å². The van der Waals surface area contributed by atoms with Crippen LogP contribution >= 0.6 is 0 Å². The van der Waals surface area contributed by atoms with Crippen LogP contribution in [0.15, 0.2) is 12.7 Å². The predicted octanol–water partition coefficient (Wildman–Crippen LogP) is 4.26. The van der Waals surface area contributed by atoms with Gasteiger partial charge in [0, 0.05) is 6.61 Å². The van der Waals surface area contributed by atoms with Crippen molar-refractivity contribution in [3.8, 4) is 0 Å². The lowest BCUT2D eigenvalue weighted by Crippen LogP contribution is -2.20. The fourth-order valence-electron chi connectivity index (χ4n) is 1.87. The van der Waals surface area contributed by atoms with Gasteiger partial charge in [0.05, 0.1) is 12.5 Å². The van der Waals surface area contributed by atoms with Crippen LogP contribution in [0, 0.1) is 0 Å². The van der Waals surface area contributed by atoms with E-state index in [1.807, 2.05) is 0 Å². The number of esters is 1. The van der Waals surface area contributed by atoms with Crippen LogP contribution in [0.3, 0.4) is 0 Å². The van der Waals surface area contributed by atoms with Crippen molar-refractivity contribution in [2.45, 2.75) is 71.3 Å². The summed E-state index contributed by atoms with van der Waals surface area (Å²) in [6.45, 7) is 8.92. The minimum atomic E-state index is -0.183. The lowest BCUT2D eigenvalue weighted by molar-refractivity contribution is -0.145. The molecule has 112 valence electrons. The monoisotopic (exact) mass is 270 g/mol. The summed E-state index contributed by atoms with van der Waals surface area (Å²) in [4.78, 5) is 11.6. The Morgan fingerprint density at radius 1 is 1.16 bits per heavy atom. The van der Waals surface area contributed by atoms with Crippen LogP contribution in [0.25, 0.3) is 0 Å². The van der Waals surface area contributed by atoms with Crippen molar-refractivity contribution in [1.29, 1.82) is 0 Å². The van der Waals surface area contributed by atoms with E-state index in [0.29, 0.717) is 6.42 Å². The van der Waals surface area contributed by atoms with Gasteiger partial charge in [-0.25, -0.2) is 0 Å². The molecule has 0 saturated carbocycles. The van der Waals surface area contributed by atoms with Crippen LogP contribution in [0.5, 0.6) is 0 Å². The number of hydrogen-bond acceptors (Lipinski definition) is 3. The number of carbonyl (C=O) groups excluding carboxylic acids is 1. The van der Waals surface area contributed by atoms with Gasteiger partial charge in [-0.15, -0.1) is 0 Å². The van der Waals surface area contributed by atoms with Gasteiger partial charge in [-0.1, -0.05) is 58.6 Å². The van der Waals surface area contributed by atoms with Gasteiger partial charge < -0.3 is 9.47 Å². The highest BCUT2D eigenvalue weighted by Crippen LogP contribution is 2.12. The normalized spacial score (nSPS) is 12.1. The molecule has 0 aromatic heterocycles. The summed E-state index contributed by atoms with van der Waals surface area (Å²) in [5, 5.41) is 0. The molecule has 0 N–H and O–H groups in total. The number of ether oxygens (including phenoxy) is 2. The van der Waals surface area contributed by atoms with Gasteiger partial charge in [-0.3, -0.25) is 4.79 Å². The first-order valence-corrected chi connectivity index (χ1v) is 7.62. The molecule has 0 saturated heterocycles. The van der Waals surface area contributed by atoms with Gasteiger partial charge in [0.2, 0.25) is 0 Å². The van der Waals surface area contributed by atoms with Crippen molar-refractivity contribution >= 4 is 5.97 Å². The average Bonchev–Trinajstić information content (AvgIpc) is 2.41. The van der Waals surface area contributed by atoms with E-state index in [4.69, 9.17) is 9.47 Å². The molecular weight excluding hydrogens is 240 g/mol. The molecule has 1 atom stereocenters. The van der Waals surface area contributed by atoms with E-state index in [1.165, 1.54) is 25.7 Å². The molecule has 0 aromatic carbocycles. The van der Waals surface area contributed by atoms with Crippen LogP contribution in [-0.2, 0) is 14.3 Å². The maximum absolute atomic E-state index is 11.6. The molecule has 0 aliphatic heterocycles. The first-order valence-electron chi connectivity index (χ1n) is 7.62. The Kier molecular flexibility index (Phi) is 13.0. The predicted molar refractivity (Wildman–Crippen MR) is 79.2 cm³/mol. The minimum Gasteiger partial charge on any atom is -0.461 e. The lowest BCUT2D eigenvalue weighted by Gasteiger charge is -2.17. The second-order valence-electron chi connectivity index (χ2n) is 4.87. The molecule has 0 aromatic rings. The van der Waals surface area contributed by atoms with Crippen LogP contribution in [0.1, 0.15) is 65.2 Å². The van der Waals surface area contributed by atoms with Crippen molar-refractivity contribution in [2.24, 2.45) is 0 Å². The molecule has 19 heavy (non-hydrogen) atoms. The molecule has 0 fully saturated rings. The van der Waals surface area contributed by atoms with Gasteiger partial charge in [0.15, 0.2) is 0 Å². The molecule has 0 heterocycles. The summed E-state index contributed by atoms with van der Waals surface area (Å²) in [5.74, 6) is -0.183. The van der Waals surface area contributed by atoms with E-state index < -0.39 is 0 Å². The average molecular weight is 270 g/mol. The van der Waals surface area contributed by atoms with E-state index in [-0.39, 0.29) is 18.7 Å². The van der Waals surface area contributed by atoms with Gasteiger partial charge in [0.1, 0.15) is 6.61 Å². The van der Waals surface area contributed by atoms with Crippen molar-refractivity contribution in [2.75, 3.05) is 13.2 Å². The molecule has 3 heteroatoms. The Hall–Kier alpha value is -0.830. The van der Waals surface area contributed by atoms with E-state index in [9.17, 15) is 4.79 Å². The van der Waals surface area contributed by atoms with Gasteiger partial charge in [0.25, 0.3) is 0 Å². The first-order chi connectivity index (χ1) is 9.24. The van der Waals surface area contributed by atoms with E-state index in [1.54, 1.807) is 6.08 Å². The molecule has 0 aliphatic carbocycles. The summed E-state index contributed by atoms with van der Waals surface area (Å²) < 4.78 is 10.8. The number of carbonyl (C=O) groups is 1.